The Morgan fingerprint density at radius 2 is 1.38 bits per heavy atom. The van der Waals surface area contributed by atoms with E-state index in [2.05, 4.69) is 12.2 Å². The molecule has 0 radical (unpaired) electrons. The lowest BCUT2D eigenvalue weighted by Crippen LogP contribution is -2.20. The van der Waals surface area contributed by atoms with Crippen LogP contribution in [0.25, 0.3) is 0 Å². The fourth-order valence-electron chi connectivity index (χ4n) is 3.14. The van der Waals surface area contributed by atoms with E-state index >= 15 is 0 Å². The fraction of sp³-hybridized carbons (Fsp3) is 0.818. The molecular formula is C11H16Cl2. The molecule has 0 amide bonds. The number of rotatable bonds is 4. The van der Waals surface area contributed by atoms with Crippen molar-refractivity contribution in [3.63, 3.8) is 0 Å². The van der Waals surface area contributed by atoms with Crippen molar-refractivity contribution in [3.8, 4) is 0 Å². The summed E-state index contributed by atoms with van der Waals surface area (Å²) in [7, 11) is 0. The first-order valence-corrected chi connectivity index (χ1v) is 6.24. The molecule has 2 rings (SSSR count). The number of hydrogen-bond donors (Lipinski definition) is 0. The van der Waals surface area contributed by atoms with Crippen LogP contribution in [0.2, 0.25) is 0 Å². The van der Waals surface area contributed by atoms with Crippen LogP contribution < -0.4 is 0 Å². The summed E-state index contributed by atoms with van der Waals surface area (Å²) >= 11 is 11.7. The first kappa shape index (κ1) is 9.86. The molecule has 0 N–H and O–H groups in total. The molecule has 0 heterocycles. The largest absolute Gasteiger partial charge is 0.127 e. The Labute approximate surface area is 90.3 Å². The van der Waals surface area contributed by atoms with Crippen LogP contribution in [0, 0.1) is 23.7 Å². The summed E-state index contributed by atoms with van der Waals surface area (Å²) in [5, 5.41) is 0. The van der Waals surface area contributed by atoms with Gasteiger partial charge in [0.1, 0.15) is 0 Å². The average molecular weight is 219 g/mol. The second-order valence-corrected chi connectivity index (χ2v) is 4.99. The van der Waals surface area contributed by atoms with Gasteiger partial charge in [-0.05, 0) is 42.9 Å². The first-order valence-electron chi connectivity index (χ1n) is 5.17. The number of halogens is 2. The molecule has 0 aromatic carbocycles. The minimum absolute atomic E-state index is 0.806. The highest BCUT2D eigenvalue weighted by Crippen LogP contribution is 2.50. The molecule has 2 aliphatic carbocycles. The normalized spacial score (nSPS) is 41.7. The van der Waals surface area contributed by atoms with Gasteiger partial charge in [0.15, 0.2) is 0 Å². The van der Waals surface area contributed by atoms with E-state index in [0.29, 0.717) is 0 Å². The number of alkyl halides is 2. The third-order valence-corrected chi connectivity index (χ3v) is 4.12. The van der Waals surface area contributed by atoms with Gasteiger partial charge in [-0.1, -0.05) is 12.2 Å². The minimum atomic E-state index is 0.806. The lowest BCUT2D eigenvalue weighted by atomic mass is 9.80. The summed E-state index contributed by atoms with van der Waals surface area (Å²) in [5.74, 6) is 4.90. The molecule has 0 aliphatic heterocycles. The molecule has 0 spiro atoms. The Morgan fingerprint density at radius 3 is 1.77 bits per heavy atom. The molecule has 2 bridgehead atoms. The Hall–Kier alpha value is 0.320. The van der Waals surface area contributed by atoms with Gasteiger partial charge in [-0.3, -0.25) is 0 Å². The van der Waals surface area contributed by atoms with Crippen molar-refractivity contribution >= 4 is 23.2 Å². The lowest BCUT2D eigenvalue weighted by molar-refractivity contribution is 0.295. The topological polar surface area (TPSA) is 0 Å². The van der Waals surface area contributed by atoms with Crippen molar-refractivity contribution in [1.82, 2.24) is 0 Å². The van der Waals surface area contributed by atoms with Gasteiger partial charge in [-0.25, -0.2) is 0 Å². The zero-order chi connectivity index (χ0) is 9.26. The van der Waals surface area contributed by atoms with Crippen molar-refractivity contribution < 1.29 is 0 Å². The van der Waals surface area contributed by atoms with Gasteiger partial charge in [-0.2, -0.15) is 0 Å². The smallest absolute Gasteiger partial charge is 0.0226 e. The van der Waals surface area contributed by atoms with E-state index in [1.165, 1.54) is 19.3 Å². The van der Waals surface area contributed by atoms with Crippen LogP contribution in [-0.2, 0) is 0 Å². The molecule has 1 saturated carbocycles. The van der Waals surface area contributed by atoms with E-state index < -0.39 is 0 Å². The van der Waals surface area contributed by atoms with E-state index in [9.17, 15) is 0 Å². The third kappa shape index (κ3) is 1.76. The Bertz CT molecular complexity index is 180. The molecule has 2 aliphatic rings. The highest BCUT2D eigenvalue weighted by atomic mass is 35.5. The quantitative estimate of drug-likeness (QED) is 0.499. The predicted octanol–water partition coefficient (Wildman–Crippen LogP) is 3.68. The number of allylic oxidation sites excluding steroid dienone is 2. The van der Waals surface area contributed by atoms with Gasteiger partial charge in [0.2, 0.25) is 0 Å². The monoisotopic (exact) mass is 218 g/mol. The van der Waals surface area contributed by atoms with Crippen molar-refractivity contribution in [2.45, 2.75) is 19.3 Å². The molecule has 2 heteroatoms. The van der Waals surface area contributed by atoms with Gasteiger partial charge in [-0.15, -0.1) is 23.2 Å². The molecular weight excluding hydrogens is 203 g/mol. The molecule has 74 valence electrons. The second-order valence-electron chi connectivity index (χ2n) is 4.23. The summed E-state index contributed by atoms with van der Waals surface area (Å²) in [6.45, 7) is 0. The predicted molar refractivity (Wildman–Crippen MR) is 58.4 cm³/mol. The van der Waals surface area contributed by atoms with E-state index in [-0.39, 0.29) is 0 Å². The fourth-order valence-corrected chi connectivity index (χ4v) is 3.64. The van der Waals surface area contributed by atoms with Crippen LogP contribution in [0.1, 0.15) is 19.3 Å². The maximum absolute atomic E-state index is 5.83. The zero-order valence-electron chi connectivity index (χ0n) is 7.76. The number of fused-ring (bicyclic) bond motifs is 2. The highest BCUT2D eigenvalue weighted by Gasteiger charge is 2.42. The van der Waals surface area contributed by atoms with Gasteiger partial charge in [0.25, 0.3) is 0 Å². The van der Waals surface area contributed by atoms with Crippen LogP contribution in [0.4, 0.5) is 0 Å². The van der Waals surface area contributed by atoms with Crippen molar-refractivity contribution in [1.29, 1.82) is 0 Å². The summed E-state index contributed by atoms with van der Waals surface area (Å²) in [5.41, 5.74) is 0. The summed E-state index contributed by atoms with van der Waals surface area (Å²) in [6.07, 6.45) is 8.51. The summed E-state index contributed by atoms with van der Waals surface area (Å²) in [6, 6.07) is 0. The van der Waals surface area contributed by atoms with Crippen LogP contribution in [0.15, 0.2) is 12.2 Å². The Morgan fingerprint density at radius 1 is 0.923 bits per heavy atom. The van der Waals surface area contributed by atoms with Crippen molar-refractivity contribution in [2.75, 3.05) is 11.8 Å². The van der Waals surface area contributed by atoms with Gasteiger partial charge in [0, 0.05) is 11.8 Å². The van der Waals surface area contributed by atoms with E-state index in [0.717, 1.165) is 35.4 Å². The van der Waals surface area contributed by atoms with E-state index in [1.807, 2.05) is 0 Å². The van der Waals surface area contributed by atoms with Gasteiger partial charge < -0.3 is 0 Å². The van der Waals surface area contributed by atoms with Crippen LogP contribution in [0.3, 0.4) is 0 Å². The molecule has 0 aromatic heterocycles. The van der Waals surface area contributed by atoms with Crippen LogP contribution >= 0.6 is 23.2 Å². The standard InChI is InChI=1S/C11H16Cl2/c12-5-3-10-8-1-2-9(7-8)11(10)4-6-13/h1-2,8-11H,3-7H2. The number of hydrogen-bond acceptors (Lipinski definition) is 0. The summed E-state index contributed by atoms with van der Waals surface area (Å²) in [4.78, 5) is 0. The van der Waals surface area contributed by atoms with Crippen LogP contribution in [0.5, 0.6) is 0 Å². The molecule has 0 saturated heterocycles. The molecule has 1 fully saturated rings. The molecule has 4 unspecified atom stereocenters. The minimum Gasteiger partial charge on any atom is -0.127 e. The summed E-state index contributed by atoms with van der Waals surface area (Å²) < 4.78 is 0. The van der Waals surface area contributed by atoms with Crippen molar-refractivity contribution in [2.24, 2.45) is 23.7 Å². The molecule has 0 nitrogen and oxygen atoms in total. The van der Waals surface area contributed by atoms with Crippen molar-refractivity contribution in [3.05, 3.63) is 12.2 Å². The Kier molecular flexibility index (Phi) is 3.21. The maximum Gasteiger partial charge on any atom is 0.0226 e. The second kappa shape index (κ2) is 4.23. The molecule has 0 aromatic rings. The van der Waals surface area contributed by atoms with E-state index in [4.69, 9.17) is 23.2 Å². The maximum atomic E-state index is 5.83. The Balaban J connectivity index is 2.02. The van der Waals surface area contributed by atoms with E-state index in [1.54, 1.807) is 0 Å². The van der Waals surface area contributed by atoms with Gasteiger partial charge >= 0.3 is 0 Å². The zero-order valence-corrected chi connectivity index (χ0v) is 9.27. The first-order chi connectivity index (χ1) is 6.36. The third-order valence-electron chi connectivity index (χ3n) is 3.68. The SMILES string of the molecule is ClCCC1C2C=CC(C2)C1CCCl. The highest BCUT2D eigenvalue weighted by molar-refractivity contribution is 6.18. The van der Waals surface area contributed by atoms with Gasteiger partial charge in [0.05, 0.1) is 0 Å². The lowest BCUT2D eigenvalue weighted by Gasteiger charge is -2.26. The molecule has 4 atom stereocenters. The van der Waals surface area contributed by atoms with Crippen LogP contribution in [-0.4, -0.2) is 11.8 Å². The molecule has 13 heavy (non-hydrogen) atoms. The average Bonchev–Trinajstić information content (AvgIpc) is 2.69.